The number of hydrogen-bond donors (Lipinski definition) is 1. The van der Waals surface area contributed by atoms with Crippen LogP contribution in [0.2, 0.25) is 0 Å². The molecule has 2 aromatic heterocycles. The lowest BCUT2D eigenvalue weighted by molar-refractivity contribution is -0.160. The van der Waals surface area contributed by atoms with Crippen molar-refractivity contribution in [1.29, 1.82) is 0 Å². The van der Waals surface area contributed by atoms with E-state index in [9.17, 15) is 14.3 Å². The van der Waals surface area contributed by atoms with E-state index < -0.39 is 17.7 Å². The maximum atomic E-state index is 14.3. The number of halogens is 1. The summed E-state index contributed by atoms with van der Waals surface area (Å²) in [5.74, 6) is -0.225. The summed E-state index contributed by atoms with van der Waals surface area (Å²) in [6.07, 6.45) is 6.27. The van der Waals surface area contributed by atoms with E-state index in [-0.39, 0.29) is 17.5 Å². The summed E-state index contributed by atoms with van der Waals surface area (Å²) in [5, 5.41) is 10.5. The van der Waals surface area contributed by atoms with Gasteiger partial charge in [0.15, 0.2) is 6.10 Å². The first-order chi connectivity index (χ1) is 23.2. The number of pyridine rings is 1. The lowest BCUT2D eigenvalue weighted by Gasteiger charge is -2.41. The number of hydrogen-bond acceptors (Lipinski definition) is 6. The van der Waals surface area contributed by atoms with Gasteiger partial charge in [-0.2, -0.15) is 0 Å². The van der Waals surface area contributed by atoms with Crippen LogP contribution in [0.3, 0.4) is 0 Å². The van der Waals surface area contributed by atoms with Crippen molar-refractivity contribution in [2.24, 2.45) is 0 Å². The minimum absolute atomic E-state index is 0.173. The molecule has 0 saturated carbocycles. The maximum absolute atomic E-state index is 14.3. The van der Waals surface area contributed by atoms with E-state index >= 15 is 0 Å². The second-order valence-corrected chi connectivity index (χ2v) is 14.1. The Hall–Kier alpha value is -4.47. The van der Waals surface area contributed by atoms with Crippen LogP contribution in [-0.4, -0.2) is 57.5 Å². The molecular weight excluding hydrogens is 621 g/mol. The first-order valence-corrected chi connectivity index (χ1v) is 16.8. The Morgan fingerprint density at radius 3 is 2.47 bits per heavy atom. The molecule has 9 heteroatoms. The zero-order chi connectivity index (χ0) is 35.5. The van der Waals surface area contributed by atoms with Crippen LogP contribution < -0.4 is 9.64 Å². The van der Waals surface area contributed by atoms with Crippen LogP contribution in [0, 0.1) is 12.7 Å². The van der Waals surface area contributed by atoms with Gasteiger partial charge in [0.2, 0.25) is 0 Å². The molecule has 0 aliphatic carbocycles. The number of aromatic nitrogens is 2. The molecule has 8 nitrogen and oxygen atoms in total. The van der Waals surface area contributed by atoms with Crippen LogP contribution in [0.25, 0.3) is 28.0 Å². The molecule has 4 aromatic rings. The van der Waals surface area contributed by atoms with Crippen molar-refractivity contribution in [3.63, 3.8) is 0 Å². The van der Waals surface area contributed by atoms with E-state index in [0.717, 1.165) is 40.9 Å². The molecule has 0 amide bonds. The van der Waals surface area contributed by atoms with Crippen molar-refractivity contribution in [3.05, 3.63) is 97.0 Å². The number of aryl methyl sites for hydroxylation is 1. The van der Waals surface area contributed by atoms with Crippen molar-refractivity contribution >= 4 is 17.4 Å². The number of ether oxygens (including phenoxy) is 3. The Kier molecular flexibility index (Phi) is 10.6. The maximum Gasteiger partial charge on any atom is 0.337 e. The summed E-state index contributed by atoms with van der Waals surface area (Å²) in [5.41, 5.74) is 4.24. The molecule has 260 valence electrons. The molecule has 49 heavy (non-hydrogen) atoms. The summed E-state index contributed by atoms with van der Waals surface area (Å²) in [6, 6.07) is 14.4. The van der Waals surface area contributed by atoms with Gasteiger partial charge in [0.1, 0.15) is 23.0 Å². The number of anilines is 1. The Morgan fingerprint density at radius 1 is 1.10 bits per heavy atom. The summed E-state index contributed by atoms with van der Waals surface area (Å²) in [7, 11) is 0. The van der Waals surface area contributed by atoms with Crippen LogP contribution in [0.1, 0.15) is 71.1 Å². The minimum Gasteiger partial charge on any atom is -0.490 e. The van der Waals surface area contributed by atoms with Crippen molar-refractivity contribution < 1.29 is 28.5 Å². The lowest BCUT2D eigenvalue weighted by Crippen LogP contribution is -2.45. The normalized spacial score (nSPS) is 15.9. The number of benzene rings is 2. The molecule has 1 aliphatic rings. The summed E-state index contributed by atoms with van der Waals surface area (Å²) >= 11 is 0. The molecule has 2 atom stereocenters. The van der Waals surface area contributed by atoms with Gasteiger partial charge in [0, 0.05) is 48.5 Å². The van der Waals surface area contributed by atoms with Gasteiger partial charge in [0.05, 0.1) is 29.6 Å². The Bertz CT molecular complexity index is 1830. The number of fused-ring (bicyclic) bond motifs is 1. The highest BCUT2D eigenvalue weighted by molar-refractivity contribution is 5.80. The Balaban J connectivity index is 1.62. The lowest BCUT2D eigenvalue weighted by atomic mass is 9.92. The first-order valence-electron chi connectivity index (χ1n) is 16.8. The van der Waals surface area contributed by atoms with Crippen LogP contribution in [0.4, 0.5) is 10.2 Å². The number of carboxylic acid groups (broad SMARTS) is 1. The Morgan fingerprint density at radius 2 is 1.82 bits per heavy atom. The van der Waals surface area contributed by atoms with E-state index in [2.05, 4.69) is 25.0 Å². The number of carbonyl (C=O) groups is 1. The van der Waals surface area contributed by atoms with Crippen LogP contribution in [0.15, 0.2) is 80.0 Å². The second kappa shape index (κ2) is 14.6. The zero-order valence-electron chi connectivity index (χ0n) is 29.5. The molecule has 3 heterocycles. The van der Waals surface area contributed by atoms with Gasteiger partial charge < -0.3 is 24.2 Å². The molecule has 1 saturated heterocycles. The van der Waals surface area contributed by atoms with Crippen LogP contribution in [0.5, 0.6) is 5.75 Å². The van der Waals surface area contributed by atoms with E-state index in [1.54, 1.807) is 18.2 Å². The fourth-order valence-corrected chi connectivity index (χ4v) is 6.39. The molecule has 2 unspecified atom stereocenters. The fraction of sp³-hybridized carbons (Fsp3) is 0.400. The molecule has 0 bridgehead atoms. The molecule has 1 N–H and O–H groups in total. The third kappa shape index (κ3) is 8.23. The molecule has 1 fully saturated rings. The third-order valence-corrected chi connectivity index (χ3v) is 8.84. The van der Waals surface area contributed by atoms with E-state index in [4.69, 9.17) is 19.2 Å². The second-order valence-electron chi connectivity index (χ2n) is 14.1. The quantitative estimate of drug-likeness (QED) is 0.142. The monoisotopic (exact) mass is 669 g/mol. The van der Waals surface area contributed by atoms with Gasteiger partial charge in [-0.1, -0.05) is 30.4 Å². The number of imidazole rings is 1. The predicted octanol–water partition coefficient (Wildman–Crippen LogP) is 8.96. The molecule has 0 spiro atoms. The number of nitrogens with zero attached hydrogens (tertiary/aromatic N) is 3. The average molecular weight is 670 g/mol. The number of rotatable bonds is 13. The third-order valence-electron chi connectivity index (χ3n) is 8.84. The minimum atomic E-state index is -1.20. The SMILES string of the molecule is C=CCOC1(C)CCN(c2c(C(OC(C)(C)C)C(=O)O)c(C)cc3nc(-c4cccc(-c5ccc(F)cc5OC(C)CC=C)c4)cn23)CC1. The van der Waals surface area contributed by atoms with Gasteiger partial charge in [-0.25, -0.2) is 14.2 Å². The van der Waals surface area contributed by atoms with E-state index in [0.29, 0.717) is 48.8 Å². The standard InChI is InChI=1S/C40H48FN3O5/c1-9-12-27(4)48-33-24-30(41)15-16-31(33)28-13-11-14-29(23-28)32-25-44-34(42-32)22-26(3)35(36(38(45)46)49-39(5,6)7)37(44)43-19-17-40(8,18-20-43)47-21-10-2/h9-11,13-16,22-25,27,36H,1-2,12,17-21H2,3-8H3,(H,45,46). The highest BCUT2D eigenvalue weighted by Gasteiger charge is 2.37. The van der Waals surface area contributed by atoms with Crippen molar-refractivity contribution in [2.45, 2.75) is 84.2 Å². The van der Waals surface area contributed by atoms with Gasteiger partial charge >= 0.3 is 5.97 Å². The Labute approximate surface area is 288 Å². The molecule has 5 rings (SSSR count). The highest BCUT2D eigenvalue weighted by Crippen LogP contribution is 2.40. The van der Waals surface area contributed by atoms with Crippen molar-refractivity contribution in [3.8, 4) is 28.1 Å². The van der Waals surface area contributed by atoms with Crippen LogP contribution >= 0.6 is 0 Å². The van der Waals surface area contributed by atoms with Gasteiger partial charge in [-0.15, -0.1) is 13.2 Å². The largest absolute Gasteiger partial charge is 0.490 e. The summed E-state index contributed by atoms with van der Waals surface area (Å²) in [6.45, 7) is 20.9. The number of carboxylic acids is 1. The number of piperidine rings is 1. The average Bonchev–Trinajstić information content (AvgIpc) is 3.46. The molecule has 0 radical (unpaired) electrons. The van der Waals surface area contributed by atoms with Gasteiger partial charge in [0.25, 0.3) is 0 Å². The topological polar surface area (TPSA) is 85.5 Å². The molecule has 1 aliphatic heterocycles. The molecule has 2 aromatic carbocycles. The smallest absolute Gasteiger partial charge is 0.337 e. The summed E-state index contributed by atoms with van der Waals surface area (Å²) < 4.78 is 34.8. The van der Waals surface area contributed by atoms with Gasteiger partial charge in [-0.05, 0) is 89.8 Å². The van der Waals surface area contributed by atoms with E-state index in [1.165, 1.54) is 12.1 Å². The first kappa shape index (κ1) is 35.8. The summed E-state index contributed by atoms with van der Waals surface area (Å²) in [4.78, 5) is 20.1. The zero-order valence-corrected chi connectivity index (χ0v) is 29.5. The van der Waals surface area contributed by atoms with E-state index in [1.807, 2.05) is 75.5 Å². The van der Waals surface area contributed by atoms with Crippen molar-refractivity contribution in [1.82, 2.24) is 9.38 Å². The predicted molar refractivity (Wildman–Crippen MR) is 193 cm³/mol. The fourth-order valence-electron chi connectivity index (χ4n) is 6.39. The van der Waals surface area contributed by atoms with Crippen molar-refractivity contribution in [2.75, 3.05) is 24.6 Å². The van der Waals surface area contributed by atoms with Crippen LogP contribution in [-0.2, 0) is 14.3 Å². The van der Waals surface area contributed by atoms with Gasteiger partial charge in [-0.3, -0.25) is 4.40 Å². The number of aliphatic carboxylic acids is 1. The molecular formula is C40H48FN3O5. The highest BCUT2D eigenvalue weighted by atomic mass is 19.1.